The fraction of sp³-hybridized carbons (Fsp3) is 0.0400. The summed E-state index contributed by atoms with van der Waals surface area (Å²) in [5.74, 6) is -0.993. The molecule has 0 radical (unpaired) electrons. The van der Waals surface area contributed by atoms with E-state index < -0.39 is 21.7 Å². The number of hydrogen-bond donors (Lipinski definition) is 2. The highest BCUT2D eigenvalue weighted by molar-refractivity contribution is 6.08. The van der Waals surface area contributed by atoms with Crippen LogP contribution < -0.4 is 10.6 Å². The second-order valence-electron chi connectivity index (χ2n) is 7.40. The van der Waals surface area contributed by atoms with Crippen LogP contribution in [-0.2, 0) is 9.59 Å². The van der Waals surface area contributed by atoms with Crippen molar-refractivity contribution in [1.29, 1.82) is 0 Å². The molecule has 0 heterocycles. The van der Waals surface area contributed by atoms with Crippen LogP contribution in [0.5, 0.6) is 0 Å². The van der Waals surface area contributed by atoms with E-state index >= 15 is 0 Å². The minimum absolute atomic E-state index is 0.0885. The maximum Gasteiger partial charge on any atom is 0.270 e. The normalized spacial score (nSPS) is 10.9. The smallest absolute Gasteiger partial charge is 0.270 e. The van der Waals surface area contributed by atoms with Gasteiger partial charge in [0.2, 0.25) is 11.8 Å². The Morgan fingerprint density at radius 1 is 0.714 bits per heavy atom. The van der Waals surface area contributed by atoms with Crippen LogP contribution in [-0.4, -0.2) is 21.7 Å². The summed E-state index contributed by atoms with van der Waals surface area (Å²) in [6.45, 7) is 1.82. The summed E-state index contributed by atoms with van der Waals surface area (Å²) >= 11 is 0. The van der Waals surface area contributed by atoms with Crippen LogP contribution in [0.4, 0.5) is 22.7 Å². The van der Waals surface area contributed by atoms with Crippen LogP contribution in [0.2, 0.25) is 0 Å². The number of benzene rings is 3. The van der Waals surface area contributed by atoms with E-state index in [1.165, 1.54) is 60.7 Å². The van der Waals surface area contributed by atoms with Crippen molar-refractivity contribution in [1.82, 2.24) is 0 Å². The molecule has 0 aromatic heterocycles. The minimum Gasteiger partial charge on any atom is -0.321 e. The number of carbonyl (C=O) groups is 2. The van der Waals surface area contributed by atoms with Gasteiger partial charge in [-0.2, -0.15) is 0 Å². The van der Waals surface area contributed by atoms with E-state index in [0.29, 0.717) is 22.5 Å². The van der Waals surface area contributed by atoms with Crippen molar-refractivity contribution < 1.29 is 19.4 Å². The molecule has 0 unspecified atom stereocenters. The zero-order valence-electron chi connectivity index (χ0n) is 18.5. The lowest BCUT2D eigenvalue weighted by atomic mass is 10.1. The Labute approximate surface area is 199 Å². The first-order chi connectivity index (χ1) is 16.7. The summed E-state index contributed by atoms with van der Waals surface area (Å²) in [6, 6.07) is 16.8. The molecular weight excluding hydrogens is 452 g/mol. The van der Waals surface area contributed by atoms with Crippen molar-refractivity contribution in [2.24, 2.45) is 0 Å². The summed E-state index contributed by atoms with van der Waals surface area (Å²) in [5.41, 5.74) is 2.34. The number of nitrogens with zero attached hydrogens (tertiary/aromatic N) is 2. The van der Waals surface area contributed by atoms with Crippen LogP contribution in [0.1, 0.15) is 16.7 Å². The molecule has 3 rings (SSSR count). The number of hydrogen-bond acceptors (Lipinski definition) is 6. The Morgan fingerprint density at radius 2 is 1.20 bits per heavy atom. The van der Waals surface area contributed by atoms with Gasteiger partial charge in [0.05, 0.1) is 21.2 Å². The number of aryl methyl sites for hydroxylation is 1. The van der Waals surface area contributed by atoms with Crippen LogP contribution in [0.3, 0.4) is 0 Å². The van der Waals surface area contributed by atoms with E-state index in [1.807, 2.05) is 6.92 Å². The Balaban J connectivity index is 1.70. The summed E-state index contributed by atoms with van der Waals surface area (Å²) in [5, 5.41) is 27.1. The standard InChI is InChI=1S/C25H20N4O6/c1-17-8-11-22(26-24(30)12-9-18-4-2-6-20(15-18)28(32)33)23(14-17)27-25(31)13-10-19-5-3-7-21(16-19)29(34)35/h2-16H,1H3,(H,26,30)(H,27,31). The fourth-order valence-electron chi connectivity index (χ4n) is 3.05. The molecule has 2 N–H and O–H groups in total. The van der Waals surface area contributed by atoms with Crippen LogP contribution in [0, 0.1) is 27.2 Å². The van der Waals surface area contributed by atoms with Gasteiger partial charge in [0.1, 0.15) is 0 Å². The predicted octanol–water partition coefficient (Wildman–Crippen LogP) is 5.12. The third-order valence-corrected chi connectivity index (χ3v) is 4.71. The molecule has 0 saturated carbocycles. The van der Waals surface area contributed by atoms with Gasteiger partial charge in [-0.3, -0.25) is 29.8 Å². The lowest BCUT2D eigenvalue weighted by molar-refractivity contribution is -0.385. The van der Waals surface area contributed by atoms with Crippen molar-refractivity contribution >= 4 is 46.7 Å². The van der Waals surface area contributed by atoms with Crippen molar-refractivity contribution in [2.75, 3.05) is 10.6 Å². The number of carbonyl (C=O) groups excluding carboxylic acids is 2. The molecule has 3 aromatic carbocycles. The molecule has 10 nitrogen and oxygen atoms in total. The van der Waals surface area contributed by atoms with E-state index in [4.69, 9.17) is 0 Å². The maximum atomic E-state index is 12.4. The van der Waals surface area contributed by atoms with Gasteiger partial charge in [0.25, 0.3) is 11.4 Å². The number of non-ortho nitro benzene ring substituents is 2. The van der Waals surface area contributed by atoms with Crippen LogP contribution in [0.15, 0.2) is 78.9 Å². The predicted molar refractivity (Wildman–Crippen MR) is 133 cm³/mol. The fourth-order valence-corrected chi connectivity index (χ4v) is 3.05. The van der Waals surface area contributed by atoms with Gasteiger partial charge in [-0.15, -0.1) is 0 Å². The SMILES string of the molecule is Cc1ccc(NC(=O)C=Cc2cccc([N+](=O)[O-])c2)c(NC(=O)C=Cc2cccc([N+](=O)[O-])c2)c1. The summed E-state index contributed by atoms with van der Waals surface area (Å²) in [6.07, 6.45) is 5.34. The average Bonchev–Trinajstić information content (AvgIpc) is 2.83. The first-order valence-corrected chi connectivity index (χ1v) is 10.3. The van der Waals surface area contributed by atoms with Gasteiger partial charge in [0.15, 0.2) is 0 Å². The lowest BCUT2D eigenvalue weighted by Gasteiger charge is -2.11. The largest absolute Gasteiger partial charge is 0.321 e. The molecule has 0 aliphatic rings. The van der Waals surface area contributed by atoms with E-state index in [2.05, 4.69) is 10.6 Å². The van der Waals surface area contributed by atoms with Gasteiger partial charge in [-0.05, 0) is 47.9 Å². The molecule has 0 saturated heterocycles. The van der Waals surface area contributed by atoms with Crippen molar-refractivity contribution in [3.05, 3.63) is 116 Å². The zero-order valence-corrected chi connectivity index (χ0v) is 18.5. The van der Waals surface area contributed by atoms with E-state index in [0.717, 1.165) is 5.56 Å². The van der Waals surface area contributed by atoms with E-state index in [9.17, 15) is 29.8 Å². The van der Waals surface area contributed by atoms with E-state index in [1.54, 1.807) is 30.3 Å². The number of nitro groups is 2. The molecule has 3 aromatic rings. The Morgan fingerprint density at radius 3 is 1.69 bits per heavy atom. The highest BCUT2D eigenvalue weighted by atomic mass is 16.6. The first kappa shape index (κ1) is 24.5. The maximum absolute atomic E-state index is 12.4. The topological polar surface area (TPSA) is 144 Å². The zero-order chi connectivity index (χ0) is 25.4. The molecule has 2 amide bonds. The van der Waals surface area contributed by atoms with Gasteiger partial charge in [0, 0.05) is 36.4 Å². The van der Waals surface area contributed by atoms with Crippen molar-refractivity contribution in [3.63, 3.8) is 0 Å². The second-order valence-corrected chi connectivity index (χ2v) is 7.40. The molecule has 35 heavy (non-hydrogen) atoms. The summed E-state index contributed by atoms with van der Waals surface area (Å²) in [4.78, 5) is 45.6. The van der Waals surface area contributed by atoms with Crippen molar-refractivity contribution in [2.45, 2.75) is 6.92 Å². The third-order valence-electron chi connectivity index (χ3n) is 4.71. The highest BCUT2D eigenvalue weighted by Gasteiger charge is 2.09. The number of amides is 2. The number of rotatable bonds is 8. The molecule has 176 valence electrons. The quantitative estimate of drug-likeness (QED) is 0.265. The number of nitrogens with one attached hydrogen (secondary N) is 2. The molecule has 10 heteroatoms. The minimum atomic E-state index is -0.522. The highest BCUT2D eigenvalue weighted by Crippen LogP contribution is 2.24. The van der Waals surface area contributed by atoms with Gasteiger partial charge >= 0.3 is 0 Å². The Bertz CT molecular complexity index is 1360. The third kappa shape index (κ3) is 7.19. The molecule has 0 spiro atoms. The Hall–Kier alpha value is -5.12. The monoisotopic (exact) mass is 472 g/mol. The number of anilines is 2. The van der Waals surface area contributed by atoms with Crippen LogP contribution >= 0.6 is 0 Å². The van der Waals surface area contributed by atoms with Gasteiger partial charge in [-0.25, -0.2) is 0 Å². The van der Waals surface area contributed by atoms with Gasteiger partial charge in [-0.1, -0.05) is 30.3 Å². The summed E-state index contributed by atoms with van der Waals surface area (Å²) in [7, 11) is 0. The van der Waals surface area contributed by atoms with Crippen LogP contribution in [0.25, 0.3) is 12.2 Å². The number of nitro benzene ring substituents is 2. The Kier molecular flexibility index (Phi) is 7.81. The average molecular weight is 472 g/mol. The summed E-state index contributed by atoms with van der Waals surface area (Å²) < 4.78 is 0. The molecule has 0 fully saturated rings. The molecule has 0 aliphatic heterocycles. The van der Waals surface area contributed by atoms with E-state index in [-0.39, 0.29) is 11.4 Å². The molecular formula is C25H20N4O6. The second kappa shape index (κ2) is 11.1. The molecule has 0 bridgehead atoms. The van der Waals surface area contributed by atoms with Crippen molar-refractivity contribution in [3.8, 4) is 0 Å². The first-order valence-electron chi connectivity index (χ1n) is 10.3. The lowest BCUT2D eigenvalue weighted by Crippen LogP contribution is -2.14. The molecule has 0 atom stereocenters. The molecule has 0 aliphatic carbocycles. The van der Waals surface area contributed by atoms with Gasteiger partial charge < -0.3 is 10.6 Å².